The van der Waals surface area contributed by atoms with E-state index >= 15 is 0 Å². The normalized spacial score (nSPS) is 11.8. The number of nitrogens with one attached hydrogen (secondary N) is 1. The average molecular weight is 365 g/mol. The van der Waals surface area contributed by atoms with Crippen molar-refractivity contribution in [3.8, 4) is 5.75 Å². The van der Waals surface area contributed by atoms with Crippen molar-refractivity contribution in [2.45, 2.75) is 25.8 Å². The number of para-hydroxylation sites is 1. The number of hydrogen-bond acceptors (Lipinski definition) is 3. The lowest BCUT2D eigenvalue weighted by molar-refractivity contribution is 0.198. The lowest BCUT2D eigenvalue weighted by atomic mass is 10.1. The molecule has 25 heavy (non-hydrogen) atoms. The van der Waals surface area contributed by atoms with Crippen molar-refractivity contribution in [1.29, 1.82) is 0 Å². The maximum atomic E-state index is 12.4. The molecule has 0 spiro atoms. The quantitative estimate of drug-likeness (QED) is 0.727. The van der Waals surface area contributed by atoms with Gasteiger partial charge in [-0.3, -0.25) is 4.68 Å². The lowest BCUT2D eigenvalue weighted by Gasteiger charge is -2.23. The van der Waals surface area contributed by atoms with E-state index in [1.807, 2.05) is 38.2 Å². The molecule has 0 unspecified atom stereocenters. The first kappa shape index (κ1) is 19.1. The molecule has 6 nitrogen and oxygen atoms in total. The fourth-order valence-electron chi connectivity index (χ4n) is 2.52. The minimum atomic E-state index is -0.106. The predicted octanol–water partition coefficient (Wildman–Crippen LogP) is 3.64. The van der Waals surface area contributed by atoms with Crippen LogP contribution in [0.5, 0.6) is 5.75 Å². The summed E-state index contributed by atoms with van der Waals surface area (Å²) < 4.78 is 7.43. The van der Waals surface area contributed by atoms with Crippen LogP contribution in [0.4, 0.5) is 4.79 Å². The molecule has 7 heteroatoms. The zero-order valence-corrected chi connectivity index (χ0v) is 15.7. The van der Waals surface area contributed by atoms with Gasteiger partial charge in [0, 0.05) is 26.8 Å². The number of nitrogens with zero attached hydrogens (tertiary/aromatic N) is 3. The van der Waals surface area contributed by atoms with E-state index in [0.29, 0.717) is 23.9 Å². The number of amides is 2. The van der Waals surface area contributed by atoms with Crippen LogP contribution in [-0.2, 0) is 7.05 Å². The number of rotatable bonds is 8. The molecule has 2 rings (SSSR count). The van der Waals surface area contributed by atoms with Crippen molar-refractivity contribution in [3.05, 3.63) is 47.2 Å². The van der Waals surface area contributed by atoms with Gasteiger partial charge in [0.1, 0.15) is 5.75 Å². The summed E-state index contributed by atoms with van der Waals surface area (Å²) in [5, 5.41) is 7.79. The third-order valence-corrected chi connectivity index (χ3v) is 4.31. The monoisotopic (exact) mass is 364 g/mol. The minimum absolute atomic E-state index is 0.0539. The van der Waals surface area contributed by atoms with Crippen molar-refractivity contribution in [2.24, 2.45) is 7.05 Å². The Morgan fingerprint density at radius 3 is 2.80 bits per heavy atom. The molecule has 0 aliphatic rings. The number of aryl methyl sites for hydroxylation is 1. The molecule has 1 atom stereocenters. The Labute approximate surface area is 153 Å². The predicted molar refractivity (Wildman–Crippen MR) is 99.0 cm³/mol. The Morgan fingerprint density at radius 2 is 2.16 bits per heavy atom. The second kappa shape index (κ2) is 9.32. The van der Waals surface area contributed by atoms with Gasteiger partial charge in [0.15, 0.2) is 0 Å². The second-order valence-electron chi connectivity index (χ2n) is 5.84. The van der Waals surface area contributed by atoms with Crippen LogP contribution in [-0.4, -0.2) is 40.9 Å². The first-order chi connectivity index (χ1) is 12.0. The largest absolute Gasteiger partial charge is 0.492 e. The zero-order chi connectivity index (χ0) is 18.2. The Hall–Kier alpha value is -2.21. The molecule has 1 N–H and O–H groups in total. The Bertz CT molecular complexity index is 689. The molecule has 0 saturated heterocycles. The molecular formula is C18H25ClN4O2. The SMILES string of the molecule is CC[C@H](NC(=O)N(C)CCCOc1ccccc1Cl)c1ccnn1C. The second-order valence-corrected chi connectivity index (χ2v) is 6.25. The fourth-order valence-corrected chi connectivity index (χ4v) is 2.71. The number of ether oxygens (including phenoxy) is 1. The van der Waals surface area contributed by atoms with Gasteiger partial charge in [-0.1, -0.05) is 30.7 Å². The molecular weight excluding hydrogens is 340 g/mol. The molecule has 0 fully saturated rings. The van der Waals surface area contributed by atoms with Gasteiger partial charge in [0.2, 0.25) is 0 Å². The first-order valence-electron chi connectivity index (χ1n) is 8.39. The standard InChI is InChI=1S/C18H25ClN4O2/c1-4-15(16-10-11-20-23(16)3)21-18(24)22(2)12-7-13-25-17-9-6-5-8-14(17)19/h5-6,8-11,15H,4,7,12-13H2,1-3H3,(H,21,24)/t15-/m0/s1. The van der Waals surface area contributed by atoms with Crippen molar-refractivity contribution < 1.29 is 9.53 Å². The van der Waals surface area contributed by atoms with Gasteiger partial charge < -0.3 is 15.0 Å². The smallest absolute Gasteiger partial charge is 0.317 e. The molecule has 0 aliphatic carbocycles. The molecule has 1 aromatic heterocycles. The number of carbonyl (C=O) groups is 1. The number of urea groups is 1. The Morgan fingerprint density at radius 1 is 1.40 bits per heavy atom. The average Bonchev–Trinajstić information content (AvgIpc) is 3.03. The molecule has 0 aliphatic heterocycles. The van der Waals surface area contributed by atoms with Crippen molar-refractivity contribution in [2.75, 3.05) is 20.2 Å². The molecule has 1 aromatic carbocycles. The lowest BCUT2D eigenvalue weighted by Crippen LogP contribution is -2.40. The van der Waals surface area contributed by atoms with Crippen LogP contribution in [0.15, 0.2) is 36.5 Å². The van der Waals surface area contributed by atoms with Crippen molar-refractivity contribution >= 4 is 17.6 Å². The van der Waals surface area contributed by atoms with E-state index in [0.717, 1.165) is 18.5 Å². The van der Waals surface area contributed by atoms with Gasteiger partial charge in [-0.25, -0.2) is 4.79 Å². The highest BCUT2D eigenvalue weighted by molar-refractivity contribution is 6.32. The van der Waals surface area contributed by atoms with Gasteiger partial charge in [-0.15, -0.1) is 0 Å². The first-order valence-corrected chi connectivity index (χ1v) is 8.77. The third-order valence-electron chi connectivity index (χ3n) is 4.00. The maximum absolute atomic E-state index is 12.4. The summed E-state index contributed by atoms with van der Waals surface area (Å²) in [5.41, 5.74) is 0.992. The maximum Gasteiger partial charge on any atom is 0.317 e. The fraction of sp³-hybridized carbons (Fsp3) is 0.444. The van der Waals surface area contributed by atoms with E-state index < -0.39 is 0 Å². The summed E-state index contributed by atoms with van der Waals surface area (Å²) in [5.74, 6) is 0.665. The summed E-state index contributed by atoms with van der Waals surface area (Å²) in [6, 6.07) is 9.13. The molecule has 2 amide bonds. The zero-order valence-electron chi connectivity index (χ0n) is 14.9. The number of aromatic nitrogens is 2. The van der Waals surface area contributed by atoms with E-state index in [9.17, 15) is 4.79 Å². The van der Waals surface area contributed by atoms with Crippen LogP contribution in [0, 0.1) is 0 Å². The van der Waals surface area contributed by atoms with Crippen LogP contribution in [0.25, 0.3) is 0 Å². The van der Waals surface area contributed by atoms with Crippen LogP contribution < -0.4 is 10.1 Å². The van der Waals surface area contributed by atoms with E-state index in [1.165, 1.54) is 0 Å². The highest BCUT2D eigenvalue weighted by Crippen LogP contribution is 2.23. The minimum Gasteiger partial charge on any atom is -0.492 e. The van der Waals surface area contributed by atoms with E-state index in [2.05, 4.69) is 10.4 Å². The van der Waals surface area contributed by atoms with E-state index in [-0.39, 0.29) is 12.1 Å². The van der Waals surface area contributed by atoms with Gasteiger partial charge in [-0.2, -0.15) is 5.10 Å². The molecule has 0 bridgehead atoms. The van der Waals surface area contributed by atoms with Gasteiger partial charge >= 0.3 is 6.03 Å². The summed E-state index contributed by atoms with van der Waals surface area (Å²) >= 11 is 6.04. The van der Waals surface area contributed by atoms with Gasteiger partial charge in [0.05, 0.1) is 23.4 Å². The van der Waals surface area contributed by atoms with Crippen LogP contribution >= 0.6 is 11.6 Å². The van der Waals surface area contributed by atoms with Crippen LogP contribution in [0.2, 0.25) is 5.02 Å². The summed E-state index contributed by atoms with van der Waals surface area (Å²) in [4.78, 5) is 14.0. The number of carbonyl (C=O) groups excluding carboxylic acids is 1. The van der Waals surface area contributed by atoms with E-state index in [1.54, 1.807) is 28.9 Å². The molecule has 0 saturated carbocycles. The van der Waals surface area contributed by atoms with Crippen LogP contribution in [0.3, 0.4) is 0 Å². The number of hydrogen-bond donors (Lipinski definition) is 1. The van der Waals surface area contributed by atoms with Crippen LogP contribution in [0.1, 0.15) is 31.5 Å². The summed E-state index contributed by atoms with van der Waals surface area (Å²) in [6.45, 7) is 3.13. The Balaban J connectivity index is 1.76. The van der Waals surface area contributed by atoms with E-state index in [4.69, 9.17) is 16.3 Å². The number of benzene rings is 1. The van der Waals surface area contributed by atoms with Gasteiger partial charge in [-0.05, 0) is 31.0 Å². The van der Waals surface area contributed by atoms with Gasteiger partial charge in [0.25, 0.3) is 0 Å². The summed E-state index contributed by atoms with van der Waals surface area (Å²) in [7, 11) is 3.65. The molecule has 0 radical (unpaired) electrons. The Kier molecular flexibility index (Phi) is 7.13. The molecule has 1 heterocycles. The molecule has 136 valence electrons. The number of halogens is 1. The molecule has 2 aromatic rings. The van der Waals surface area contributed by atoms with Crippen molar-refractivity contribution in [3.63, 3.8) is 0 Å². The third kappa shape index (κ3) is 5.39. The summed E-state index contributed by atoms with van der Waals surface area (Å²) in [6.07, 6.45) is 3.26. The highest BCUT2D eigenvalue weighted by atomic mass is 35.5. The van der Waals surface area contributed by atoms with Crippen molar-refractivity contribution in [1.82, 2.24) is 20.0 Å². The topological polar surface area (TPSA) is 59.4 Å². The highest BCUT2D eigenvalue weighted by Gasteiger charge is 2.17.